The highest BCUT2D eigenvalue weighted by Gasteiger charge is 2.30. The van der Waals surface area contributed by atoms with E-state index >= 15 is 0 Å². The van der Waals surface area contributed by atoms with Gasteiger partial charge in [0.05, 0.1) is 10.6 Å². The molecule has 182 valence electrons. The van der Waals surface area contributed by atoms with E-state index in [4.69, 9.17) is 0 Å². The van der Waals surface area contributed by atoms with Crippen LogP contribution in [0.25, 0.3) is 10.8 Å². The Labute approximate surface area is 209 Å². The minimum Gasteiger partial charge on any atom is -0.321 e. The van der Waals surface area contributed by atoms with Gasteiger partial charge in [-0.25, -0.2) is 8.42 Å². The van der Waals surface area contributed by atoms with Crippen molar-refractivity contribution < 1.29 is 18.0 Å². The Morgan fingerprint density at radius 1 is 0.889 bits per heavy atom. The molecule has 0 saturated heterocycles. The van der Waals surface area contributed by atoms with Crippen LogP contribution in [-0.2, 0) is 10.0 Å². The average Bonchev–Trinajstić information content (AvgIpc) is 3.17. The zero-order valence-electron chi connectivity index (χ0n) is 19.7. The molecule has 0 bridgehead atoms. The lowest BCUT2D eigenvalue weighted by Crippen LogP contribution is -2.27. The van der Waals surface area contributed by atoms with Crippen molar-refractivity contribution in [3.63, 3.8) is 0 Å². The van der Waals surface area contributed by atoms with Crippen LogP contribution in [0.3, 0.4) is 0 Å². The van der Waals surface area contributed by atoms with Crippen molar-refractivity contribution in [2.24, 2.45) is 0 Å². The maximum absolute atomic E-state index is 13.0. The Hall–Kier alpha value is -4.17. The molecule has 0 aliphatic carbocycles. The summed E-state index contributed by atoms with van der Waals surface area (Å²) >= 11 is 0. The molecule has 0 radical (unpaired) electrons. The molecule has 0 spiro atoms. The van der Waals surface area contributed by atoms with Gasteiger partial charge in [-0.1, -0.05) is 43.7 Å². The molecule has 0 saturated carbocycles. The molecule has 1 heterocycles. The first-order valence-corrected chi connectivity index (χ1v) is 13.2. The van der Waals surface area contributed by atoms with Crippen LogP contribution in [0.2, 0.25) is 0 Å². The van der Waals surface area contributed by atoms with Gasteiger partial charge >= 0.3 is 0 Å². The number of hydrogen-bond acceptors (Lipinski definition) is 4. The molecular formula is C28H25N3O4S. The number of nitrogens with zero attached hydrogens (tertiary/aromatic N) is 1. The normalized spacial score (nSPS) is 12.7. The van der Waals surface area contributed by atoms with Crippen molar-refractivity contribution >= 4 is 49.7 Å². The molecule has 0 unspecified atom stereocenters. The van der Waals surface area contributed by atoms with E-state index in [9.17, 15) is 18.0 Å². The summed E-state index contributed by atoms with van der Waals surface area (Å²) in [6, 6.07) is 23.5. The summed E-state index contributed by atoms with van der Waals surface area (Å²) in [6.45, 7) is 2.75. The quantitative estimate of drug-likeness (QED) is 0.327. The van der Waals surface area contributed by atoms with Crippen molar-refractivity contribution in [2.75, 3.05) is 21.5 Å². The van der Waals surface area contributed by atoms with Gasteiger partial charge in [0.2, 0.25) is 0 Å². The zero-order valence-corrected chi connectivity index (χ0v) is 20.5. The standard InChI is InChI=1S/C28H25N3O4S/c1-2-3-18-31-25-17-16-24(22-10-7-11-23(26(22)25)28(31)33)29-27(32)19-12-14-20(15-13-19)30-36(34,35)21-8-5-4-6-9-21/h4-17,30H,2-3,18H2,1H3,(H,29,32). The van der Waals surface area contributed by atoms with Gasteiger partial charge in [0.1, 0.15) is 0 Å². The Morgan fingerprint density at radius 3 is 2.36 bits per heavy atom. The summed E-state index contributed by atoms with van der Waals surface area (Å²) < 4.78 is 27.6. The number of carbonyl (C=O) groups excluding carboxylic acids is 2. The van der Waals surface area contributed by atoms with Crippen molar-refractivity contribution in [3.8, 4) is 0 Å². The second kappa shape index (κ2) is 9.47. The highest BCUT2D eigenvalue weighted by molar-refractivity contribution is 7.92. The molecule has 2 N–H and O–H groups in total. The minimum atomic E-state index is -3.72. The molecule has 0 atom stereocenters. The van der Waals surface area contributed by atoms with E-state index in [1.165, 1.54) is 12.1 Å². The van der Waals surface area contributed by atoms with Gasteiger partial charge in [-0.15, -0.1) is 0 Å². The zero-order chi connectivity index (χ0) is 25.3. The van der Waals surface area contributed by atoms with Gasteiger partial charge in [-0.3, -0.25) is 14.3 Å². The maximum Gasteiger partial charge on any atom is 0.261 e. The van der Waals surface area contributed by atoms with E-state index in [-0.39, 0.29) is 16.7 Å². The third-order valence-corrected chi connectivity index (χ3v) is 7.62. The van der Waals surface area contributed by atoms with Crippen molar-refractivity contribution in [1.82, 2.24) is 0 Å². The van der Waals surface area contributed by atoms with Gasteiger partial charge in [0.25, 0.3) is 21.8 Å². The van der Waals surface area contributed by atoms with Crippen LogP contribution in [-0.4, -0.2) is 26.8 Å². The molecule has 1 aliphatic rings. The summed E-state index contributed by atoms with van der Waals surface area (Å²) in [5, 5.41) is 4.60. The number of anilines is 3. The Kier molecular flexibility index (Phi) is 6.20. The number of hydrogen-bond donors (Lipinski definition) is 2. The number of rotatable bonds is 8. The Bertz CT molecular complexity index is 1570. The van der Waals surface area contributed by atoms with Crippen molar-refractivity contribution in [1.29, 1.82) is 0 Å². The highest BCUT2D eigenvalue weighted by atomic mass is 32.2. The van der Waals surface area contributed by atoms with Crippen molar-refractivity contribution in [2.45, 2.75) is 24.7 Å². The molecule has 0 fully saturated rings. The third-order valence-electron chi connectivity index (χ3n) is 6.22. The molecule has 1 aliphatic heterocycles. The molecule has 4 aromatic rings. The predicted molar refractivity (Wildman–Crippen MR) is 142 cm³/mol. The lowest BCUT2D eigenvalue weighted by Gasteiger charge is -2.17. The topological polar surface area (TPSA) is 95.6 Å². The molecule has 5 rings (SSSR count). The fourth-order valence-electron chi connectivity index (χ4n) is 4.39. The lowest BCUT2D eigenvalue weighted by molar-refractivity contribution is 0.0991. The second-order valence-corrected chi connectivity index (χ2v) is 10.3. The summed E-state index contributed by atoms with van der Waals surface area (Å²) in [5.41, 5.74) is 2.85. The first kappa shape index (κ1) is 23.6. The summed E-state index contributed by atoms with van der Waals surface area (Å²) in [5.74, 6) is -0.346. The van der Waals surface area contributed by atoms with Gasteiger partial charge in [-0.05, 0) is 61.0 Å². The van der Waals surface area contributed by atoms with Crippen LogP contribution in [0.5, 0.6) is 0 Å². The van der Waals surface area contributed by atoms with Crippen LogP contribution < -0.4 is 14.9 Å². The first-order chi connectivity index (χ1) is 17.4. The van der Waals surface area contributed by atoms with E-state index in [2.05, 4.69) is 17.0 Å². The smallest absolute Gasteiger partial charge is 0.261 e. The molecule has 2 amide bonds. The largest absolute Gasteiger partial charge is 0.321 e. The molecular weight excluding hydrogens is 474 g/mol. The number of amides is 2. The van der Waals surface area contributed by atoms with Gasteiger partial charge in [0.15, 0.2) is 0 Å². The van der Waals surface area contributed by atoms with Crippen LogP contribution in [0.15, 0.2) is 89.8 Å². The van der Waals surface area contributed by atoms with E-state index in [0.717, 1.165) is 29.3 Å². The fraction of sp³-hybridized carbons (Fsp3) is 0.143. The summed E-state index contributed by atoms with van der Waals surface area (Å²) in [7, 11) is -3.72. The van der Waals surface area contributed by atoms with Crippen LogP contribution in [0.1, 0.15) is 40.5 Å². The van der Waals surface area contributed by atoms with E-state index < -0.39 is 10.0 Å². The van der Waals surface area contributed by atoms with E-state index in [1.807, 2.05) is 35.2 Å². The van der Waals surface area contributed by atoms with Crippen LogP contribution >= 0.6 is 0 Å². The highest BCUT2D eigenvalue weighted by Crippen LogP contribution is 2.40. The number of unbranched alkanes of at least 4 members (excludes halogenated alkanes) is 1. The Morgan fingerprint density at radius 2 is 1.64 bits per heavy atom. The predicted octanol–water partition coefficient (Wildman–Crippen LogP) is 5.65. The Balaban J connectivity index is 1.36. The summed E-state index contributed by atoms with van der Waals surface area (Å²) in [4.78, 5) is 27.9. The lowest BCUT2D eigenvalue weighted by atomic mass is 10.0. The monoisotopic (exact) mass is 499 g/mol. The first-order valence-electron chi connectivity index (χ1n) is 11.8. The summed E-state index contributed by atoms with van der Waals surface area (Å²) in [6.07, 6.45) is 1.90. The van der Waals surface area contributed by atoms with Gasteiger partial charge < -0.3 is 10.2 Å². The minimum absolute atomic E-state index is 0.0129. The molecule has 8 heteroatoms. The number of carbonyl (C=O) groups is 2. The SMILES string of the molecule is CCCCN1C(=O)c2cccc3c(NC(=O)c4ccc(NS(=O)(=O)c5ccccc5)cc4)ccc1c23. The van der Waals surface area contributed by atoms with Crippen molar-refractivity contribution in [3.05, 3.63) is 96.1 Å². The van der Waals surface area contributed by atoms with Crippen LogP contribution in [0, 0.1) is 0 Å². The number of nitrogens with one attached hydrogen (secondary N) is 2. The molecule has 7 nitrogen and oxygen atoms in total. The van der Waals surface area contributed by atoms with E-state index in [1.54, 1.807) is 42.5 Å². The molecule has 36 heavy (non-hydrogen) atoms. The maximum atomic E-state index is 13.0. The van der Waals surface area contributed by atoms with E-state index in [0.29, 0.717) is 29.0 Å². The average molecular weight is 500 g/mol. The van der Waals surface area contributed by atoms with Gasteiger partial charge in [-0.2, -0.15) is 0 Å². The van der Waals surface area contributed by atoms with Crippen LogP contribution in [0.4, 0.5) is 17.1 Å². The molecule has 0 aromatic heterocycles. The second-order valence-electron chi connectivity index (χ2n) is 8.62. The molecule has 4 aromatic carbocycles. The number of sulfonamides is 1. The number of benzene rings is 4. The third kappa shape index (κ3) is 4.31. The fourth-order valence-corrected chi connectivity index (χ4v) is 5.47. The van der Waals surface area contributed by atoms with Gasteiger partial charge in [0, 0.05) is 39.8 Å².